The van der Waals surface area contributed by atoms with Crippen LogP contribution in [0, 0.1) is 27.6 Å². The van der Waals surface area contributed by atoms with E-state index in [2.05, 4.69) is 51.7 Å². The molecule has 7 rings (SSSR count). The van der Waals surface area contributed by atoms with Crippen LogP contribution in [0.2, 0.25) is 0 Å². The molecule has 5 aliphatic carbocycles. The smallest absolute Gasteiger partial charge is 0.312 e. The topological polar surface area (TPSA) is 81.2 Å². The number of piperidine rings is 1. The van der Waals surface area contributed by atoms with Crippen molar-refractivity contribution in [3.63, 3.8) is 0 Å². The second-order valence-corrected chi connectivity index (χ2v) is 17.3. The lowest BCUT2D eigenvalue weighted by Crippen LogP contribution is -2.65. The molecule has 250 valence electrons. The van der Waals surface area contributed by atoms with Crippen molar-refractivity contribution in [2.24, 2.45) is 27.6 Å². The first-order chi connectivity index (χ1) is 21.6. The van der Waals surface area contributed by atoms with Gasteiger partial charge in [-0.1, -0.05) is 45.4 Å². The van der Waals surface area contributed by atoms with Crippen LogP contribution in [0.15, 0.2) is 46.3 Å². The van der Waals surface area contributed by atoms with Crippen molar-refractivity contribution >= 4 is 17.6 Å². The van der Waals surface area contributed by atoms with Crippen molar-refractivity contribution in [2.75, 3.05) is 33.2 Å². The summed E-state index contributed by atoms with van der Waals surface area (Å²) in [5, 5.41) is 10.5. The van der Waals surface area contributed by atoms with E-state index in [1.807, 2.05) is 23.8 Å². The summed E-state index contributed by atoms with van der Waals surface area (Å²) in [7, 11) is 1.88. The van der Waals surface area contributed by atoms with Crippen LogP contribution < -0.4 is 0 Å². The van der Waals surface area contributed by atoms with Gasteiger partial charge >= 0.3 is 11.8 Å². The highest BCUT2D eigenvalue weighted by Gasteiger charge is 2.67. The lowest BCUT2D eigenvalue weighted by molar-refractivity contribution is -0.174. The minimum atomic E-state index is -0.388. The van der Waals surface area contributed by atoms with E-state index in [-0.39, 0.29) is 50.6 Å². The average molecular weight is 630 g/mol. The summed E-state index contributed by atoms with van der Waals surface area (Å²) in [6, 6.07) is 0.557. The number of nitrogens with zero attached hydrogens (tertiary/aromatic N) is 3. The molecule has 6 atom stereocenters. The fourth-order valence-electron chi connectivity index (χ4n) is 11.4. The molecular weight excluding hydrogens is 574 g/mol. The lowest BCUT2D eigenvalue weighted by atomic mass is 9.35. The van der Waals surface area contributed by atoms with Crippen molar-refractivity contribution in [2.45, 2.75) is 117 Å². The maximum Gasteiger partial charge on any atom is 0.312 e. The van der Waals surface area contributed by atoms with Gasteiger partial charge in [-0.15, -0.1) is 0 Å². The molecule has 0 aromatic carbocycles. The van der Waals surface area contributed by atoms with Crippen LogP contribution in [0.25, 0.3) is 0 Å². The summed E-state index contributed by atoms with van der Waals surface area (Å²) in [4.78, 5) is 46.5. The number of hydrogen-bond acceptors (Lipinski definition) is 5. The lowest BCUT2D eigenvalue weighted by Gasteiger charge is -2.70. The van der Waals surface area contributed by atoms with Gasteiger partial charge in [0.1, 0.15) is 0 Å². The molecule has 5 fully saturated rings. The van der Waals surface area contributed by atoms with Crippen LogP contribution in [0.3, 0.4) is 0 Å². The molecule has 3 saturated carbocycles. The fraction of sp³-hybridized carbons (Fsp3) is 0.718. The molecular formula is C39H55N3O4. The zero-order valence-corrected chi connectivity index (χ0v) is 29.3. The Kier molecular flexibility index (Phi) is 7.22. The molecule has 46 heavy (non-hydrogen) atoms. The van der Waals surface area contributed by atoms with E-state index >= 15 is 0 Å². The van der Waals surface area contributed by atoms with Gasteiger partial charge in [-0.25, -0.2) is 0 Å². The zero-order chi connectivity index (χ0) is 33.0. The number of likely N-dealkylation sites (N-methyl/N-ethyl adjacent to an activating group) is 1. The molecule has 5 unspecified atom stereocenters. The van der Waals surface area contributed by atoms with Gasteiger partial charge in [0.2, 0.25) is 5.78 Å². The Morgan fingerprint density at radius 3 is 2.24 bits per heavy atom. The summed E-state index contributed by atoms with van der Waals surface area (Å²) in [5.41, 5.74) is 3.60. The maximum atomic E-state index is 13.9. The van der Waals surface area contributed by atoms with Crippen LogP contribution >= 0.6 is 0 Å². The van der Waals surface area contributed by atoms with Gasteiger partial charge in [-0.3, -0.25) is 14.4 Å². The monoisotopic (exact) mass is 629 g/mol. The van der Waals surface area contributed by atoms with Crippen LogP contribution in [0.4, 0.5) is 0 Å². The molecule has 2 amide bonds. The van der Waals surface area contributed by atoms with E-state index in [0.717, 1.165) is 68.9 Å². The summed E-state index contributed by atoms with van der Waals surface area (Å²) < 4.78 is 0. The van der Waals surface area contributed by atoms with E-state index < -0.39 is 0 Å². The molecule has 7 aliphatic rings. The summed E-state index contributed by atoms with van der Waals surface area (Å²) in [6.45, 7) is 17.5. The molecule has 7 heteroatoms. The van der Waals surface area contributed by atoms with Crippen LogP contribution in [-0.4, -0.2) is 82.2 Å². The third-order valence-electron chi connectivity index (χ3n) is 15.3. The Balaban J connectivity index is 1.15. The SMILES string of the molecule is CC1=C(O)C(=O)C=C2C1=CC=C1C2(C)CC[C@@]2(C)C3CC(C)(N(C)C(=O)C(=O)N4CCC(N5CCC5)CC4)CCC3(C)CCC12C. The first kappa shape index (κ1) is 31.9. The summed E-state index contributed by atoms with van der Waals surface area (Å²) in [5.74, 6) is -0.702. The summed E-state index contributed by atoms with van der Waals surface area (Å²) in [6.07, 6.45) is 16.4. The van der Waals surface area contributed by atoms with Crippen LogP contribution in [-0.2, 0) is 14.4 Å². The highest BCUT2D eigenvalue weighted by atomic mass is 16.3. The molecule has 0 aromatic rings. The predicted molar refractivity (Wildman–Crippen MR) is 180 cm³/mol. The molecule has 0 radical (unpaired) electrons. The minimum Gasteiger partial charge on any atom is -0.504 e. The number of aliphatic hydroxyl groups excluding tert-OH is 1. The number of fused-ring (bicyclic) bond motifs is 7. The number of rotatable bonds is 2. The number of carbonyl (C=O) groups excluding carboxylic acids is 3. The number of ketones is 1. The van der Waals surface area contributed by atoms with Crippen LogP contribution in [0.5, 0.6) is 0 Å². The molecule has 2 aliphatic heterocycles. The van der Waals surface area contributed by atoms with Crippen molar-refractivity contribution in [3.05, 3.63) is 46.3 Å². The Labute approximate surface area is 275 Å². The largest absolute Gasteiger partial charge is 0.504 e. The van der Waals surface area contributed by atoms with E-state index in [1.54, 1.807) is 6.08 Å². The third-order valence-corrected chi connectivity index (χ3v) is 15.3. The Hall–Kier alpha value is -2.67. The van der Waals surface area contributed by atoms with E-state index in [1.165, 1.54) is 25.1 Å². The quantitative estimate of drug-likeness (QED) is 0.352. The average Bonchev–Trinajstić information content (AvgIpc) is 3.01. The number of amides is 2. The molecule has 2 heterocycles. The van der Waals surface area contributed by atoms with Gasteiger partial charge in [0, 0.05) is 42.7 Å². The fourth-order valence-corrected chi connectivity index (χ4v) is 11.4. The van der Waals surface area contributed by atoms with E-state index in [4.69, 9.17) is 0 Å². The molecule has 1 N–H and O–H groups in total. The van der Waals surface area contributed by atoms with Crippen molar-refractivity contribution in [3.8, 4) is 0 Å². The van der Waals surface area contributed by atoms with Crippen LogP contribution in [0.1, 0.15) is 106 Å². The molecule has 0 aromatic heterocycles. The number of likely N-dealkylation sites (tertiary alicyclic amines) is 2. The second kappa shape index (κ2) is 10.4. The second-order valence-electron chi connectivity index (χ2n) is 17.3. The molecule has 0 bridgehead atoms. The first-order valence-electron chi connectivity index (χ1n) is 18.0. The maximum absolute atomic E-state index is 13.9. The van der Waals surface area contributed by atoms with E-state index in [9.17, 15) is 19.5 Å². The van der Waals surface area contributed by atoms with E-state index in [0.29, 0.717) is 30.6 Å². The third kappa shape index (κ3) is 4.28. The Morgan fingerprint density at radius 1 is 0.913 bits per heavy atom. The van der Waals surface area contributed by atoms with Crippen molar-refractivity contribution in [1.29, 1.82) is 0 Å². The Bertz CT molecular complexity index is 1510. The zero-order valence-electron chi connectivity index (χ0n) is 29.3. The standard InChI is InChI=1S/C39H55N3O4/c1-25-27-9-10-30-37(4,28(27)23-29(43)32(25)44)16-18-39(6)31-24-36(3,15-13-35(31,2)14-17-38(30,39)5)40(7)33(45)34(46)42-21-11-26(12-22-42)41-19-8-20-41/h9-10,23,26,31,44H,8,11-22,24H2,1-7H3/t31?,35?,36?,37?,38?,39-/m0/s1. The predicted octanol–water partition coefficient (Wildman–Crippen LogP) is 6.52. The summed E-state index contributed by atoms with van der Waals surface area (Å²) >= 11 is 0. The van der Waals surface area contributed by atoms with Gasteiger partial charge in [0.15, 0.2) is 5.76 Å². The van der Waals surface area contributed by atoms with Gasteiger partial charge in [-0.2, -0.15) is 0 Å². The van der Waals surface area contributed by atoms with Gasteiger partial charge in [0.25, 0.3) is 0 Å². The first-order valence-corrected chi connectivity index (χ1v) is 18.0. The van der Waals surface area contributed by atoms with Crippen molar-refractivity contribution in [1.82, 2.24) is 14.7 Å². The normalized spacial score (nSPS) is 41.2. The molecule has 0 spiro atoms. The highest BCUT2D eigenvalue weighted by molar-refractivity contribution is 6.35. The number of carbonyl (C=O) groups is 3. The number of hydrogen-bond donors (Lipinski definition) is 1. The highest BCUT2D eigenvalue weighted by Crippen LogP contribution is 2.75. The minimum absolute atomic E-state index is 0.00272. The molecule has 7 nitrogen and oxygen atoms in total. The molecule has 2 saturated heterocycles. The number of aliphatic hydroxyl groups is 1. The van der Waals surface area contributed by atoms with Crippen molar-refractivity contribution < 1.29 is 19.5 Å². The van der Waals surface area contributed by atoms with Gasteiger partial charge in [-0.05, 0) is 131 Å². The Morgan fingerprint density at radius 2 is 1.59 bits per heavy atom. The van der Waals surface area contributed by atoms with Gasteiger partial charge < -0.3 is 19.8 Å². The van der Waals surface area contributed by atoms with Gasteiger partial charge in [0.05, 0.1) is 0 Å². The number of allylic oxidation sites excluding steroid dienone is 7.